The van der Waals surface area contributed by atoms with Gasteiger partial charge in [0, 0.05) is 25.9 Å². The highest BCUT2D eigenvalue weighted by Crippen LogP contribution is 2.39. The van der Waals surface area contributed by atoms with Gasteiger partial charge >= 0.3 is 0 Å². The van der Waals surface area contributed by atoms with Crippen LogP contribution in [0.15, 0.2) is 65.6 Å². The van der Waals surface area contributed by atoms with E-state index in [1.807, 2.05) is 60.1 Å². The number of hydrogen-bond acceptors (Lipinski definition) is 6. The van der Waals surface area contributed by atoms with Crippen molar-refractivity contribution in [1.29, 1.82) is 0 Å². The second-order valence-corrected chi connectivity index (χ2v) is 8.20. The number of ether oxygens (including phenoxy) is 5. The summed E-state index contributed by atoms with van der Waals surface area (Å²) in [6.45, 7) is 1.12. The highest BCUT2D eigenvalue weighted by Gasteiger charge is 2.30. The Kier molecular flexibility index (Phi) is 6.32. The van der Waals surface area contributed by atoms with Crippen LogP contribution in [-0.2, 0) is 23.1 Å². The van der Waals surface area contributed by atoms with Crippen LogP contribution in [0.1, 0.15) is 42.2 Å². The summed E-state index contributed by atoms with van der Waals surface area (Å²) in [7, 11) is 1.88. The summed E-state index contributed by atoms with van der Waals surface area (Å²) in [5, 5.41) is 0. The maximum Gasteiger partial charge on any atom is 0.231 e. The second-order valence-electron chi connectivity index (χ2n) is 8.20. The Bertz CT molecular complexity index is 1150. The minimum absolute atomic E-state index is 0.186. The average Bonchev–Trinajstić information content (AvgIpc) is 3.33. The molecule has 0 spiro atoms. The van der Waals surface area contributed by atoms with Crippen molar-refractivity contribution in [2.45, 2.75) is 38.3 Å². The van der Waals surface area contributed by atoms with Crippen LogP contribution in [0.5, 0.6) is 17.2 Å². The van der Waals surface area contributed by atoms with Crippen molar-refractivity contribution in [2.75, 3.05) is 13.4 Å². The monoisotopic (exact) mass is 449 g/mol. The summed E-state index contributed by atoms with van der Waals surface area (Å²) < 4.78 is 31.4. The molecule has 2 aliphatic rings. The fourth-order valence-corrected chi connectivity index (χ4v) is 4.15. The third kappa shape index (κ3) is 4.74. The van der Waals surface area contributed by atoms with Gasteiger partial charge in [-0.2, -0.15) is 0 Å². The SMILES string of the molecule is Cn1ccc(=O)c(OCc2ccccc2)c1C(OC1CCCCO1)c1ccc2c(c1)OCO2. The Labute approximate surface area is 192 Å². The maximum atomic E-state index is 13.0. The highest BCUT2D eigenvalue weighted by atomic mass is 16.7. The zero-order valence-electron chi connectivity index (χ0n) is 18.6. The van der Waals surface area contributed by atoms with E-state index < -0.39 is 6.10 Å². The van der Waals surface area contributed by atoms with E-state index in [1.54, 1.807) is 6.20 Å². The molecule has 0 radical (unpaired) electrons. The number of aromatic nitrogens is 1. The van der Waals surface area contributed by atoms with Crippen molar-refractivity contribution in [3.8, 4) is 17.2 Å². The van der Waals surface area contributed by atoms with Crippen molar-refractivity contribution in [3.05, 3.63) is 87.8 Å². The molecule has 7 heteroatoms. The van der Waals surface area contributed by atoms with Gasteiger partial charge in [-0.25, -0.2) is 0 Å². The van der Waals surface area contributed by atoms with Crippen LogP contribution in [-0.4, -0.2) is 24.3 Å². The van der Waals surface area contributed by atoms with Crippen LogP contribution in [0.25, 0.3) is 0 Å². The molecule has 1 fully saturated rings. The number of pyridine rings is 1. The van der Waals surface area contributed by atoms with Gasteiger partial charge in [-0.3, -0.25) is 4.79 Å². The van der Waals surface area contributed by atoms with Crippen molar-refractivity contribution < 1.29 is 23.7 Å². The van der Waals surface area contributed by atoms with E-state index in [4.69, 9.17) is 23.7 Å². The molecule has 1 saturated heterocycles. The fourth-order valence-electron chi connectivity index (χ4n) is 4.15. The van der Waals surface area contributed by atoms with Gasteiger partial charge in [-0.1, -0.05) is 36.4 Å². The molecule has 1 aromatic heterocycles. The van der Waals surface area contributed by atoms with Crippen molar-refractivity contribution in [1.82, 2.24) is 4.57 Å². The lowest BCUT2D eigenvalue weighted by molar-refractivity contribution is -0.182. The summed E-state index contributed by atoms with van der Waals surface area (Å²) in [6.07, 6.45) is 3.62. The molecule has 5 rings (SSSR count). The molecule has 7 nitrogen and oxygen atoms in total. The topological polar surface area (TPSA) is 68.2 Å². The molecule has 0 saturated carbocycles. The average molecular weight is 450 g/mol. The fraction of sp³-hybridized carbons (Fsp3) is 0.346. The van der Waals surface area contributed by atoms with Crippen LogP contribution < -0.4 is 19.6 Å². The lowest BCUT2D eigenvalue weighted by Crippen LogP contribution is -2.27. The van der Waals surface area contributed by atoms with Crippen LogP contribution >= 0.6 is 0 Å². The summed E-state index contributed by atoms with van der Waals surface area (Å²) in [6, 6.07) is 17.0. The molecular formula is C26H27NO6. The van der Waals surface area contributed by atoms with E-state index in [0.717, 1.165) is 30.4 Å². The van der Waals surface area contributed by atoms with E-state index in [9.17, 15) is 4.79 Å². The minimum atomic E-state index is -0.590. The van der Waals surface area contributed by atoms with Crippen LogP contribution in [0.4, 0.5) is 0 Å². The first-order valence-corrected chi connectivity index (χ1v) is 11.2. The quantitative estimate of drug-likeness (QED) is 0.535. The van der Waals surface area contributed by atoms with E-state index in [0.29, 0.717) is 23.8 Å². The standard InChI is InChI=1S/C26H27NO6/c1-27-13-12-20(28)26(30-16-18-7-3-2-4-8-18)24(27)25(33-23-9-5-6-14-29-23)19-10-11-21-22(15-19)32-17-31-21/h2-4,7-8,10-13,15,23,25H,5-6,9,14,16-17H2,1H3. The normalized spacial score (nSPS) is 18.2. The Morgan fingerprint density at radius 3 is 2.73 bits per heavy atom. The van der Waals surface area contributed by atoms with Crippen molar-refractivity contribution in [2.24, 2.45) is 7.05 Å². The molecule has 3 aromatic rings. The van der Waals surface area contributed by atoms with Crippen molar-refractivity contribution in [3.63, 3.8) is 0 Å². The molecule has 0 N–H and O–H groups in total. The summed E-state index contributed by atoms with van der Waals surface area (Å²) in [4.78, 5) is 13.0. The third-order valence-electron chi connectivity index (χ3n) is 5.89. The second kappa shape index (κ2) is 9.68. The largest absolute Gasteiger partial charge is 0.483 e. The molecule has 2 atom stereocenters. The first-order chi connectivity index (χ1) is 16.2. The zero-order chi connectivity index (χ0) is 22.6. The molecule has 0 amide bonds. The van der Waals surface area contributed by atoms with E-state index in [-0.39, 0.29) is 30.9 Å². The van der Waals surface area contributed by atoms with Crippen molar-refractivity contribution >= 4 is 0 Å². The number of nitrogens with zero attached hydrogens (tertiary/aromatic N) is 1. The number of aryl methyl sites for hydroxylation is 1. The predicted octanol–water partition coefficient (Wildman–Crippen LogP) is 4.33. The predicted molar refractivity (Wildman–Crippen MR) is 122 cm³/mol. The minimum Gasteiger partial charge on any atom is -0.483 e. The first-order valence-electron chi connectivity index (χ1n) is 11.2. The maximum absolute atomic E-state index is 13.0. The third-order valence-corrected chi connectivity index (χ3v) is 5.89. The molecule has 2 aromatic carbocycles. The number of hydrogen-bond donors (Lipinski definition) is 0. The molecular weight excluding hydrogens is 422 g/mol. The Balaban J connectivity index is 1.54. The smallest absolute Gasteiger partial charge is 0.231 e. The zero-order valence-corrected chi connectivity index (χ0v) is 18.6. The van der Waals surface area contributed by atoms with Crippen LogP contribution in [0.2, 0.25) is 0 Å². The number of fused-ring (bicyclic) bond motifs is 1. The number of benzene rings is 2. The summed E-state index contributed by atoms with van der Waals surface area (Å²) in [5.41, 5.74) is 2.24. The molecule has 0 bridgehead atoms. The Morgan fingerprint density at radius 1 is 1.06 bits per heavy atom. The van der Waals surface area contributed by atoms with Gasteiger partial charge in [-0.15, -0.1) is 0 Å². The molecule has 3 heterocycles. The van der Waals surface area contributed by atoms with Crippen LogP contribution in [0, 0.1) is 0 Å². The molecule has 2 unspecified atom stereocenters. The number of rotatable bonds is 7. The molecule has 33 heavy (non-hydrogen) atoms. The van der Waals surface area contributed by atoms with Gasteiger partial charge in [0.2, 0.25) is 12.2 Å². The summed E-state index contributed by atoms with van der Waals surface area (Å²) in [5.74, 6) is 1.61. The highest BCUT2D eigenvalue weighted by molar-refractivity contribution is 5.47. The van der Waals surface area contributed by atoms with Gasteiger partial charge < -0.3 is 28.3 Å². The van der Waals surface area contributed by atoms with Gasteiger partial charge in [0.15, 0.2) is 23.5 Å². The van der Waals surface area contributed by atoms with Gasteiger partial charge in [-0.05, 0) is 42.5 Å². The first kappa shape index (κ1) is 21.6. The molecule has 2 aliphatic heterocycles. The van der Waals surface area contributed by atoms with Gasteiger partial charge in [0.25, 0.3) is 0 Å². The lowest BCUT2D eigenvalue weighted by atomic mass is 10.0. The molecule has 172 valence electrons. The van der Waals surface area contributed by atoms with Crippen LogP contribution in [0.3, 0.4) is 0 Å². The van der Waals surface area contributed by atoms with E-state index in [2.05, 4.69) is 0 Å². The van der Waals surface area contributed by atoms with Gasteiger partial charge in [0.1, 0.15) is 12.7 Å². The molecule has 0 aliphatic carbocycles. The van der Waals surface area contributed by atoms with Gasteiger partial charge in [0.05, 0.1) is 5.69 Å². The lowest BCUT2D eigenvalue weighted by Gasteiger charge is -2.30. The summed E-state index contributed by atoms with van der Waals surface area (Å²) >= 11 is 0. The van der Waals surface area contributed by atoms with E-state index in [1.165, 1.54) is 6.07 Å². The Morgan fingerprint density at radius 2 is 1.91 bits per heavy atom. The Hall–Kier alpha value is -3.29. The van der Waals surface area contributed by atoms with E-state index >= 15 is 0 Å².